The van der Waals surface area contributed by atoms with Crippen molar-refractivity contribution in [1.82, 2.24) is 0 Å². The summed E-state index contributed by atoms with van der Waals surface area (Å²) in [6.07, 6.45) is -1.77. The lowest BCUT2D eigenvalue weighted by Crippen LogP contribution is -2.63. The van der Waals surface area contributed by atoms with E-state index in [1.165, 1.54) is 18.2 Å². The van der Waals surface area contributed by atoms with E-state index in [4.69, 9.17) is 4.74 Å². The Morgan fingerprint density at radius 2 is 1.45 bits per heavy atom. The van der Waals surface area contributed by atoms with Crippen LogP contribution in [0.25, 0.3) is 0 Å². The third-order valence-electron chi connectivity index (χ3n) is 4.54. The second-order valence-electron chi connectivity index (χ2n) is 6.62. The van der Waals surface area contributed by atoms with Gasteiger partial charge in [0.2, 0.25) is 9.84 Å². The molecule has 1 aliphatic rings. The van der Waals surface area contributed by atoms with Crippen molar-refractivity contribution in [3.63, 3.8) is 0 Å². The minimum absolute atomic E-state index is 0.160. The normalized spacial score (nSPS) is 21.3. The fourth-order valence-corrected chi connectivity index (χ4v) is 4.88. The molecule has 31 heavy (non-hydrogen) atoms. The number of carbonyl (C=O) groups is 1. The minimum Gasteiger partial charge on any atom is -0.485 e. The van der Waals surface area contributed by atoms with Crippen molar-refractivity contribution in [2.24, 2.45) is 0 Å². The van der Waals surface area contributed by atoms with Crippen LogP contribution < -0.4 is 0 Å². The first-order valence-electron chi connectivity index (χ1n) is 8.20. The molecule has 1 heterocycles. The van der Waals surface area contributed by atoms with Crippen LogP contribution in [0.5, 0.6) is 0 Å². The van der Waals surface area contributed by atoms with Crippen molar-refractivity contribution < 1.29 is 53.1 Å². The molecule has 0 spiro atoms. The largest absolute Gasteiger partial charge is 0.485 e. The maximum atomic E-state index is 14.5. The highest BCUT2D eigenvalue weighted by Crippen LogP contribution is 2.58. The number of hydrogen-bond acceptors (Lipinski definition) is 4. The Labute approximate surface area is 175 Å². The van der Waals surface area contributed by atoms with Crippen LogP contribution in [0.15, 0.2) is 41.0 Å². The number of hydrogen-bond donors (Lipinski definition) is 0. The van der Waals surface area contributed by atoms with E-state index in [1.54, 1.807) is 0 Å². The van der Waals surface area contributed by atoms with E-state index in [0.717, 1.165) is 26.0 Å². The van der Waals surface area contributed by atoms with E-state index in [1.807, 2.05) is 0 Å². The predicted octanol–water partition coefficient (Wildman–Crippen LogP) is 5.10. The Balaban J connectivity index is 2.74. The zero-order chi connectivity index (χ0) is 24.2. The van der Waals surface area contributed by atoms with Crippen LogP contribution in [-0.4, -0.2) is 42.8 Å². The molecule has 1 aromatic carbocycles. The summed E-state index contributed by atoms with van der Waals surface area (Å²) >= 11 is 3.87. The van der Waals surface area contributed by atoms with Crippen molar-refractivity contribution in [3.8, 4) is 0 Å². The molecule has 2 unspecified atom stereocenters. The first kappa shape index (κ1) is 25.4. The van der Waals surface area contributed by atoms with E-state index >= 15 is 0 Å². The molecule has 2 rings (SSSR count). The number of sulfone groups is 1. The molecule has 0 N–H and O–H groups in total. The molecule has 1 aromatic rings. The van der Waals surface area contributed by atoms with Gasteiger partial charge in [0, 0.05) is 0 Å². The highest BCUT2D eigenvalue weighted by Gasteiger charge is 2.84. The summed E-state index contributed by atoms with van der Waals surface area (Å²) in [6, 6.07) is 6.29. The Morgan fingerprint density at radius 1 is 0.968 bits per heavy atom. The van der Waals surface area contributed by atoms with E-state index in [-0.39, 0.29) is 5.56 Å². The first-order chi connectivity index (χ1) is 13.8. The number of benzene rings is 1. The number of ether oxygens (including phenoxy) is 1. The van der Waals surface area contributed by atoms with Gasteiger partial charge in [-0.15, -0.1) is 0 Å². The van der Waals surface area contributed by atoms with Gasteiger partial charge in [-0.3, -0.25) is 4.79 Å². The van der Waals surface area contributed by atoms with Gasteiger partial charge in [-0.1, -0.05) is 30.3 Å². The van der Waals surface area contributed by atoms with Crippen LogP contribution >= 0.6 is 11.6 Å². The van der Waals surface area contributed by atoms with Crippen LogP contribution in [0, 0.1) is 0 Å². The molecule has 14 heteroatoms. The van der Waals surface area contributed by atoms with Gasteiger partial charge in [0.1, 0.15) is 5.76 Å². The zero-order valence-corrected chi connectivity index (χ0v) is 17.1. The summed E-state index contributed by atoms with van der Waals surface area (Å²) < 4.78 is 139. The molecular formula is C17H13ClF8O4S. The molecule has 0 saturated carbocycles. The molecule has 0 aliphatic carbocycles. The summed E-state index contributed by atoms with van der Waals surface area (Å²) in [5.41, 5.74) is -0.160. The lowest BCUT2D eigenvalue weighted by molar-refractivity contribution is -0.326. The lowest BCUT2D eigenvalue weighted by atomic mass is 9.92. The van der Waals surface area contributed by atoms with Gasteiger partial charge in [0.15, 0.2) is 11.9 Å². The summed E-state index contributed by atoms with van der Waals surface area (Å²) in [6.45, 7) is 1.62. The quantitative estimate of drug-likeness (QED) is 0.386. The fourth-order valence-electron chi connectivity index (χ4n) is 3.00. The Morgan fingerprint density at radius 3 is 1.87 bits per heavy atom. The molecule has 0 bridgehead atoms. The number of alkyl halides is 9. The number of allylic oxidation sites excluding steroid dienone is 1. The Hall–Kier alpha value is -1.89. The van der Waals surface area contributed by atoms with Crippen LogP contribution in [0.2, 0.25) is 0 Å². The van der Waals surface area contributed by atoms with Gasteiger partial charge in [-0.05, 0) is 31.0 Å². The summed E-state index contributed by atoms with van der Waals surface area (Å²) in [4.78, 5) is 10.3. The van der Waals surface area contributed by atoms with E-state index in [9.17, 15) is 48.3 Å². The van der Waals surface area contributed by atoms with Crippen LogP contribution in [0.4, 0.5) is 35.1 Å². The van der Waals surface area contributed by atoms with Gasteiger partial charge in [0.05, 0.1) is 10.8 Å². The number of rotatable bonds is 7. The van der Waals surface area contributed by atoms with E-state index in [0.29, 0.717) is 0 Å². The van der Waals surface area contributed by atoms with Crippen LogP contribution in [0.3, 0.4) is 0 Å². The third-order valence-corrected chi connectivity index (χ3v) is 6.83. The maximum absolute atomic E-state index is 14.5. The zero-order valence-electron chi connectivity index (χ0n) is 15.5. The van der Waals surface area contributed by atoms with E-state index < -0.39 is 60.8 Å². The number of Topliss-reactive ketones (excluding diaryl/α,β-unsaturated/α-hetero) is 1. The molecule has 2 atom stereocenters. The molecule has 1 aliphatic heterocycles. The average molecular weight is 501 g/mol. The second kappa shape index (κ2) is 7.61. The van der Waals surface area contributed by atoms with Gasteiger partial charge >= 0.3 is 22.5 Å². The van der Waals surface area contributed by atoms with Gasteiger partial charge in [0.25, 0.3) is 0 Å². The molecule has 174 valence electrons. The summed E-state index contributed by atoms with van der Waals surface area (Å²) in [5.74, 6) is -17.9. The standard InChI is InChI=1S/C17H13ClF8O4S/c1-8(27)12-11(10-6-4-3-5-7-10)13(9(2)30-12)31(28,29)17(25,26)15(21,22)14(19,20)16(18,23)24/h3-7,11-12H,1-2H3. The van der Waals surface area contributed by atoms with Crippen LogP contribution in [-0.2, 0) is 19.4 Å². The molecule has 0 amide bonds. The third kappa shape index (κ3) is 3.69. The SMILES string of the molecule is CC(=O)C1OC(C)=C(S(=O)(=O)C(F)(F)C(F)(F)C(F)(F)C(F)(F)Cl)C1c1ccccc1. The van der Waals surface area contributed by atoms with Crippen molar-refractivity contribution in [1.29, 1.82) is 0 Å². The van der Waals surface area contributed by atoms with Crippen molar-refractivity contribution in [3.05, 3.63) is 46.6 Å². The predicted molar refractivity (Wildman–Crippen MR) is 92.0 cm³/mol. The molecule has 4 nitrogen and oxygen atoms in total. The smallest absolute Gasteiger partial charge is 0.417 e. The van der Waals surface area contributed by atoms with Gasteiger partial charge in [-0.25, -0.2) is 8.42 Å². The molecule has 0 aromatic heterocycles. The summed E-state index contributed by atoms with van der Waals surface area (Å²) in [7, 11) is -6.81. The average Bonchev–Trinajstić information content (AvgIpc) is 2.99. The molecule has 0 fully saturated rings. The monoisotopic (exact) mass is 500 g/mol. The van der Waals surface area contributed by atoms with Crippen molar-refractivity contribution >= 4 is 27.2 Å². The number of halogens is 9. The highest BCUT2D eigenvalue weighted by atomic mass is 35.5. The molecule has 0 radical (unpaired) electrons. The Kier molecular flexibility index (Phi) is 6.23. The fraction of sp³-hybridized carbons (Fsp3) is 0.471. The highest BCUT2D eigenvalue weighted by molar-refractivity contribution is 7.96. The molecular weight excluding hydrogens is 488 g/mol. The summed E-state index contributed by atoms with van der Waals surface area (Å²) in [5, 5.41) is -13.0. The van der Waals surface area contributed by atoms with Gasteiger partial charge < -0.3 is 4.74 Å². The first-order valence-corrected chi connectivity index (χ1v) is 10.1. The number of carbonyl (C=O) groups excluding carboxylic acids is 1. The number of ketones is 1. The lowest BCUT2D eigenvalue weighted by Gasteiger charge is -2.34. The van der Waals surface area contributed by atoms with Crippen molar-refractivity contribution in [2.45, 2.75) is 48.4 Å². The van der Waals surface area contributed by atoms with Gasteiger partial charge in [-0.2, -0.15) is 35.1 Å². The Bertz CT molecular complexity index is 1000. The van der Waals surface area contributed by atoms with Crippen molar-refractivity contribution in [2.75, 3.05) is 0 Å². The maximum Gasteiger partial charge on any atom is 0.417 e. The van der Waals surface area contributed by atoms with E-state index in [2.05, 4.69) is 11.6 Å². The van der Waals surface area contributed by atoms with Crippen LogP contribution in [0.1, 0.15) is 25.3 Å². The topological polar surface area (TPSA) is 60.4 Å². The molecule has 0 saturated heterocycles. The second-order valence-corrected chi connectivity index (χ2v) is 9.06. The minimum atomic E-state index is -7.15.